The van der Waals surface area contributed by atoms with E-state index >= 15 is 0 Å². The lowest BCUT2D eigenvalue weighted by Crippen LogP contribution is -2.21. The van der Waals surface area contributed by atoms with Gasteiger partial charge in [-0.1, -0.05) is 0 Å². The highest BCUT2D eigenvalue weighted by Crippen LogP contribution is 2.24. The number of nitrogens with zero attached hydrogens (tertiary/aromatic N) is 3. The molecule has 1 saturated heterocycles. The van der Waals surface area contributed by atoms with Crippen molar-refractivity contribution in [2.24, 2.45) is 5.92 Å². The Morgan fingerprint density at radius 2 is 2.40 bits per heavy atom. The largest absolute Gasteiger partial charge is 0.396 e. The molecule has 0 aromatic carbocycles. The molecule has 1 fully saturated rings. The first kappa shape index (κ1) is 10.2. The van der Waals surface area contributed by atoms with E-state index in [-0.39, 0.29) is 6.61 Å². The summed E-state index contributed by atoms with van der Waals surface area (Å²) in [6.07, 6.45) is 3.48. The Bertz CT molecular complexity index is 331. The molecular formula is C10H16N4O. The number of aromatic nitrogens is 2. The normalized spacial score (nSPS) is 20.9. The van der Waals surface area contributed by atoms with Crippen LogP contribution in [0.1, 0.15) is 12.8 Å². The number of rotatable bonds is 3. The summed E-state index contributed by atoms with van der Waals surface area (Å²) in [6, 6.07) is 1.79. The van der Waals surface area contributed by atoms with E-state index in [2.05, 4.69) is 14.9 Å². The minimum atomic E-state index is 0.268. The first-order chi connectivity index (χ1) is 7.29. The molecule has 0 amide bonds. The van der Waals surface area contributed by atoms with Crippen molar-refractivity contribution < 1.29 is 5.11 Å². The Balaban J connectivity index is 2.01. The molecule has 1 aliphatic heterocycles. The third-order valence-corrected chi connectivity index (χ3v) is 2.82. The average Bonchev–Trinajstić information content (AvgIpc) is 2.67. The molecule has 1 aliphatic rings. The van der Waals surface area contributed by atoms with E-state index in [0.29, 0.717) is 11.7 Å². The molecule has 1 atom stereocenters. The van der Waals surface area contributed by atoms with E-state index < -0.39 is 0 Å². The van der Waals surface area contributed by atoms with Crippen molar-refractivity contribution in [1.29, 1.82) is 0 Å². The highest BCUT2D eigenvalue weighted by Gasteiger charge is 2.22. The van der Waals surface area contributed by atoms with Crippen LogP contribution < -0.4 is 10.6 Å². The number of anilines is 2. The Morgan fingerprint density at radius 1 is 1.53 bits per heavy atom. The topological polar surface area (TPSA) is 75.3 Å². The zero-order valence-electron chi connectivity index (χ0n) is 8.63. The minimum absolute atomic E-state index is 0.268. The summed E-state index contributed by atoms with van der Waals surface area (Å²) in [4.78, 5) is 10.2. The SMILES string of the molecule is Nc1cc(N2CCC(CCO)C2)ncn1. The quantitative estimate of drug-likeness (QED) is 0.745. The maximum absolute atomic E-state index is 8.86. The van der Waals surface area contributed by atoms with Gasteiger partial charge in [-0.05, 0) is 18.8 Å². The smallest absolute Gasteiger partial charge is 0.134 e. The van der Waals surface area contributed by atoms with E-state index in [9.17, 15) is 0 Å². The number of hydrogen-bond donors (Lipinski definition) is 2. The highest BCUT2D eigenvalue weighted by molar-refractivity contribution is 5.46. The lowest BCUT2D eigenvalue weighted by molar-refractivity contribution is 0.263. The number of hydrogen-bond acceptors (Lipinski definition) is 5. The van der Waals surface area contributed by atoms with Crippen LogP contribution in [0.4, 0.5) is 11.6 Å². The minimum Gasteiger partial charge on any atom is -0.396 e. The van der Waals surface area contributed by atoms with Crippen LogP contribution in [0.3, 0.4) is 0 Å². The molecule has 0 aliphatic carbocycles. The predicted octanol–water partition coefficient (Wildman–Crippen LogP) is 0.267. The fourth-order valence-corrected chi connectivity index (χ4v) is 1.99. The van der Waals surface area contributed by atoms with Gasteiger partial charge < -0.3 is 15.7 Å². The molecule has 5 nitrogen and oxygen atoms in total. The predicted molar refractivity (Wildman–Crippen MR) is 58.5 cm³/mol. The molecule has 1 aromatic heterocycles. The van der Waals surface area contributed by atoms with Crippen LogP contribution in [0, 0.1) is 5.92 Å². The van der Waals surface area contributed by atoms with Crippen molar-refractivity contribution in [3.63, 3.8) is 0 Å². The summed E-state index contributed by atoms with van der Waals surface area (Å²) in [7, 11) is 0. The summed E-state index contributed by atoms with van der Waals surface area (Å²) in [5, 5.41) is 8.86. The molecular weight excluding hydrogens is 192 g/mol. The fourth-order valence-electron chi connectivity index (χ4n) is 1.99. The monoisotopic (exact) mass is 208 g/mol. The van der Waals surface area contributed by atoms with Gasteiger partial charge in [0.2, 0.25) is 0 Å². The van der Waals surface area contributed by atoms with E-state index in [0.717, 1.165) is 31.7 Å². The van der Waals surface area contributed by atoms with Gasteiger partial charge in [-0.3, -0.25) is 0 Å². The molecule has 0 radical (unpaired) electrons. The van der Waals surface area contributed by atoms with Crippen LogP contribution in [-0.4, -0.2) is 34.8 Å². The summed E-state index contributed by atoms with van der Waals surface area (Å²) in [5.41, 5.74) is 5.60. The summed E-state index contributed by atoms with van der Waals surface area (Å²) < 4.78 is 0. The Morgan fingerprint density at radius 3 is 3.13 bits per heavy atom. The first-order valence-corrected chi connectivity index (χ1v) is 5.23. The number of nitrogen functional groups attached to an aromatic ring is 1. The van der Waals surface area contributed by atoms with Gasteiger partial charge in [-0.2, -0.15) is 0 Å². The van der Waals surface area contributed by atoms with Gasteiger partial charge in [0.25, 0.3) is 0 Å². The van der Waals surface area contributed by atoms with Crippen molar-refractivity contribution in [3.8, 4) is 0 Å². The van der Waals surface area contributed by atoms with Crippen LogP contribution in [0.15, 0.2) is 12.4 Å². The molecule has 2 heterocycles. The van der Waals surface area contributed by atoms with Crippen molar-refractivity contribution in [2.45, 2.75) is 12.8 Å². The molecule has 82 valence electrons. The summed E-state index contributed by atoms with van der Waals surface area (Å²) in [5.74, 6) is 1.97. The van der Waals surface area contributed by atoms with Gasteiger partial charge in [0.05, 0.1) is 0 Å². The molecule has 0 spiro atoms. The van der Waals surface area contributed by atoms with Crippen molar-refractivity contribution in [3.05, 3.63) is 12.4 Å². The molecule has 2 rings (SSSR count). The van der Waals surface area contributed by atoms with Crippen molar-refractivity contribution in [2.75, 3.05) is 30.3 Å². The maximum atomic E-state index is 8.86. The second kappa shape index (κ2) is 4.44. The molecule has 15 heavy (non-hydrogen) atoms. The second-order valence-electron chi connectivity index (χ2n) is 3.91. The Labute approximate surface area is 88.9 Å². The van der Waals surface area contributed by atoms with E-state index in [1.807, 2.05) is 0 Å². The van der Waals surface area contributed by atoms with Gasteiger partial charge in [-0.25, -0.2) is 9.97 Å². The van der Waals surface area contributed by atoms with E-state index in [4.69, 9.17) is 10.8 Å². The maximum Gasteiger partial charge on any atom is 0.134 e. The van der Waals surface area contributed by atoms with Gasteiger partial charge in [0.15, 0.2) is 0 Å². The Kier molecular flexibility index (Phi) is 3.01. The Hall–Kier alpha value is -1.36. The van der Waals surface area contributed by atoms with Crippen LogP contribution in [0.25, 0.3) is 0 Å². The number of aliphatic hydroxyl groups is 1. The summed E-state index contributed by atoms with van der Waals surface area (Å²) in [6.45, 7) is 2.21. The fraction of sp³-hybridized carbons (Fsp3) is 0.600. The van der Waals surface area contributed by atoms with E-state index in [1.54, 1.807) is 6.07 Å². The third kappa shape index (κ3) is 2.36. The second-order valence-corrected chi connectivity index (χ2v) is 3.91. The third-order valence-electron chi connectivity index (χ3n) is 2.82. The molecule has 5 heteroatoms. The standard InChI is InChI=1S/C10H16N4O/c11-9-5-10(13-7-12-9)14-3-1-8(6-14)2-4-15/h5,7-8,15H,1-4,6H2,(H2,11,12,13). The van der Waals surface area contributed by atoms with Gasteiger partial charge in [0.1, 0.15) is 18.0 Å². The van der Waals surface area contributed by atoms with Crippen molar-refractivity contribution >= 4 is 11.6 Å². The van der Waals surface area contributed by atoms with Gasteiger partial charge >= 0.3 is 0 Å². The highest BCUT2D eigenvalue weighted by atomic mass is 16.3. The lowest BCUT2D eigenvalue weighted by atomic mass is 10.1. The van der Waals surface area contributed by atoms with Crippen molar-refractivity contribution in [1.82, 2.24) is 9.97 Å². The van der Waals surface area contributed by atoms with Crippen LogP contribution in [0.5, 0.6) is 0 Å². The van der Waals surface area contributed by atoms with E-state index in [1.165, 1.54) is 6.33 Å². The molecule has 0 bridgehead atoms. The molecule has 1 aromatic rings. The molecule has 3 N–H and O–H groups in total. The van der Waals surface area contributed by atoms with Gasteiger partial charge in [0, 0.05) is 25.8 Å². The zero-order chi connectivity index (χ0) is 10.7. The van der Waals surface area contributed by atoms with Crippen LogP contribution in [-0.2, 0) is 0 Å². The zero-order valence-corrected chi connectivity index (χ0v) is 8.63. The number of nitrogens with two attached hydrogens (primary N) is 1. The number of aliphatic hydroxyl groups excluding tert-OH is 1. The summed E-state index contributed by atoms with van der Waals surface area (Å²) >= 11 is 0. The molecule has 1 unspecified atom stereocenters. The van der Waals surface area contributed by atoms with Gasteiger partial charge in [-0.15, -0.1) is 0 Å². The average molecular weight is 208 g/mol. The van der Waals surface area contributed by atoms with Crippen LogP contribution >= 0.6 is 0 Å². The molecule has 0 saturated carbocycles. The first-order valence-electron chi connectivity index (χ1n) is 5.23. The van der Waals surface area contributed by atoms with Crippen LogP contribution in [0.2, 0.25) is 0 Å². The lowest BCUT2D eigenvalue weighted by Gasteiger charge is -2.17.